The molecule has 0 aliphatic heterocycles. The van der Waals surface area contributed by atoms with E-state index in [2.05, 4.69) is 31.9 Å². The highest BCUT2D eigenvalue weighted by molar-refractivity contribution is 5.95. The van der Waals surface area contributed by atoms with Crippen LogP contribution in [0.1, 0.15) is 29.2 Å². The van der Waals surface area contributed by atoms with Gasteiger partial charge < -0.3 is 14.7 Å². The summed E-state index contributed by atoms with van der Waals surface area (Å²) in [5.74, 6) is 0.665. The maximum Gasteiger partial charge on any atom is 0.222 e. The van der Waals surface area contributed by atoms with Crippen molar-refractivity contribution in [1.82, 2.24) is 4.90 Å². The smallest absolute Gasteiger partial charge is 0.222 e. The molecule has 0 atom stereocenters. The Bertz CT molecular complexity index is 726. The van der Waals surface area contributed by atoms with Gasteiger partial charge in [-0.05, 0) is 68.8 Å². The maximum atomic E-state index is 9.85. The number of ether oxygens (including phenoxy) is 1. The number of para-hydroxylation sites is 1. The van der Waals surface area contributed by atoms with Gasteiger partial charge in [-0.1, -0.05) is 25.1 Å². The van der Waals surface area contributed by atoms with Crippen molar-refractivity contribution in [3.8, 4) is 11.5 Å². The normalized spacial score (nSPS) is 10.9. The van der Waals surface area contributed by atoms with Crippen molar-refractivity contribution in [3.05, 3.63) is 58.7 Å². The molecule has 0 bridgehead atoms. The Kier molecular flexibility index (Phi) is 5.99. The number of benzene rings is 2. The lowest BCUT2D eigenvalue weighted by atomic mass is 10.0. The molecule has 0 aliphatic rings. The summed E-state index contributed by atoms with van der Waals surface area (Å²) in [7, 11) is 2.12. The number of likely N-dealkylation sites (N-methyl/N-ethyl adjacent to an activating group) is 1. The molecule has 24 heavy (non-hydrogen) atoms. The number of nitrogens with one attached hydrogen (secondary N) is 1. The Morgan fingerprint density at radius 2 is 1.88 bits per heavy atom. The molecule has 2 aromatic rings. The lowest BCUT2D eigenvalue weighted by molar-refractivity contribution is 0.357. The molecule has 4 nitrogen and oxygen atoms in total. The van der Waals surface area contributed by atoms with E-state index < -0.39 is 0 Å². The highest BCUT2D eigenvalue weighted by atomic mass is 16.5. The van der Waals surface area contributed by atoms with Gasteiger partial charge in [-0.2, -0.15) is 0 Å². The van der Waals surface area contributed by atoms with Crippen molar-refractivity contribution in [1.29, 1.82) is 5.41 Å². The van der Waals surface area contributed by atoms with Gasteiger partial charge in [0.05, 0.1) is 5.56 Å². The predicted molar refractivity (Wildman–Crippen MR) is 98.4 cm³/mol. The monoisotopic (exact) mass is 326 g/mol. The van der Waals surface area contributed by atoms with Crippen molar-refractivity contribution in [2.45, 2.75) is 27.2 Å². The fourth-order valence-electron chi connectivity index (χ4n) is 2.53. The van der Waals surface area contributed by atoms with Gasteiger partial charge in [0.25, 0.3) is 0 Å². The first-order valence-electron chi connectivity index (χ1n) is 8.25. The van der Waals surface area contributed by atoms with Crippen LogP contribution in [0.2, 0.25) is 0 Å². The zero-order chi connectivity index (χ0) is 17.7. The first-order chi connectivity index (χ1) is 11.4. The second kappa shape index (κ2) is 7.97. The van der Waals surface area contributed by atoms with Crippen LogP contribution in [0.5, 0.6) is 11.5 Å². The van der Waals surface area contributed by atoms with E-state index in [1.807, 2.05) is 13.0 Å². The Hall–Kier alpha value is -2.33. The number of rotatable bonds is 6. The van der Waals surface area contributed by atoms with Crippen LogP contribution in [0.25, 0.3) is 0 Å². The van der Waals surface area contributed by atoms with E-state index in [1.165, 1.54) is 5.56 Å². The maximum absolute atomic E-state index is 9.85. The van der Waals surface area contributed by atoms with Gasteiger partial charge in [-0.15, -0.1) is 0 Å². The van der Waals surface area contributed by atoms with Gasteiger partial charge in [-0.3, -0.25) is 5.41 Å². The van der Waals surface area contributed by atoms with Gasteiger partial charge in [0.15, 0.2) is 0 Å². The van der Waals surface area contributed by atoms with Crippen molar-refractivity contribution < 1.29 is 9.84 Å². The third-order valence-electron chi connectivity index (χ3n) is 4.30. The van der Waals surface area contributed by atoms with Gasteiger partial charge in [0.2, 0.25) is 5.90 Å². The van der Waals surface area contributed by atoms with E-state index in [9.17, 15) is 5.11 Å². The Morgan fingerprint density at radius 3 is 2.54 bits per heavy atom. The highest BCUT2D eigenvalue weighted by Crippen LogP contribution is 2.25. The van der Waals surface area contributed by atoms with Crippen LogP contribution in [-0.2, 0) is 6.42 Å². The van der Waals surface area contributed by atoms with Crippen molar-refractivity contribution in [2.75, 3.05) is 20.1 Å². The minimum Gasteiger partial charge on any atom is -0.507 e. The van der Waals surface area contributed by atoms with Gasteiger partial charge in [-0.25, -0.2) is 0 Å². The average molecular weight is 326 g/mol. The Balaban J connectivity index is 2.16. The minimum atomic E-state index is -0.0472. The number of aromatic hydroxyl groups is 1. The van der Waals surface area contributed by atoms with E-state index in [1.54, 1.807) is 24.3 Å². The predicted octanol–water partition coefficient (Wildman–Crippen LogP) is 3.91. The summed E-state index contributed by atoms with van der Waals surface area (Å²) >= 11 is 0. The number of aryl methyl sites for hydroxylation is 2. The first kappa shape index (κ1) is 18.0. The largest absolute Gasteiger partial charge is 0.507 e. The van der Waals surface area contributed by atoms with Gasteiger partial charge in [0.1, 0.15) is 11.5 Å². The summed E-state index contributed by atoms with van der Waals surface area (Å²) in [5, 5.41) is 17.9. The summed E-state index contributed by atoms with van der Waals surface area (Å²) < 4.78 is 5.71. The van der Waals surface area contributed by atoms with Crippen LogP contribution in [0.4, 0.5) is 0 Å². The second-order valence-corrected chi connectivity index (χ2v) is 6.14. The number of phenols is 1. The lowest BCUT2D eigenvalue weighted by Crippen LogP contribution is -2.20. The molecule has 0 saturated heterocycles. The van der Waals surface area contributed by atoms with E-state index in [-0.39, 0.29) is 11.6 Å². The van der Waals surface area contributed by atoms with Gasteiger partial charge >= 0.3 is 0 Å². The molecule has 0 spiro atoms. The highest BCUT2D eigenvalue weighted by Gasteiger charge is 2.12. The molecule has 0 aliphatic carbocycles. The Labute approximate surface area is 144 Å². The van der Waals surface area contributed by atoms with Crippen molar-refractivity contribution in [3.63, 3.8) is 0 Å². The molecule has 0 amide bonds. The second-order valence-electron chi connectivity index (χ2n) is 6.14. The molecule has 0 fully saturated rings. The number of hydrogen-bond donors (Lipinski definition) is 2. The molecule has 0 aromatic heterocycles. The van der Waals surface area contributed by atoms with Crippen molar-refractivity contribution in [2.24, 2.45) is 0 Å². The third-order valence-corrected chi connectivity index (χ3v) is 4.30. The summed E-state index contributed by atoms with van der Waals surface area (Å²) in [6.45, 7) is 8.26. The summed E-state index contributed by atoms with van der Waals surface area (Å²) in [5.41, 5.74) is 3.84. The first-order valence-corrected chi connectivity index (χ1v) is 8.25. The fraction of sp³-hybridized carbons (Fsp3) is 0.350. The van der Waals surface area contributed by atoms with Crippen LogP contribution >= 0.6 is 0 Å². The van der Waals surface area contributed by atoms with E-state index in [0.29, 0.717) is 11.3 Å². The molecule has 2 rings (SSSR count). The molecule has 0 radical (unpaired) electrons. The molecule has 0 heterocycles. The fourth-order valence-corrected chi connectivity index (χ4v) is 2.53. The van der Waals surface area contributed by atoms with E-state index in [0.717, 1.165) is 30.6 Å². The SMILES string of the molecule is CCN(C)CCc1cc(C)c(OC(=N)c2ccccc2O)cc1C. The zero-order valence-electron chi connectivity index (χ0n) is 14.9. The standard InChI is InChI=1S/C20H26N2O2/c1-5-22(4)11-10-16-12-15(3)19(13-14(16)2)24-20(21)17-8-6-7-9-18(17)23/h6-9,12-13,21,23H,5,10-11H2,1-4H3. The molecular weight excluding hydrogens is 300 g/mol. The van der Waals surface area contributed by atoms with Crippen molar-refractivity contribution >= 4 is 5.90 Å². The molecule has 4 heteroatoms. The molecule has 2 N–H and O–H groups in total. The summed E-state index contributed by atoms with van der Waals surface area (Å²) in [6.07, 6.45) is 0.994. The summed E-state index contributed by atoms with van der Waals surface area (Å²) in [6, 6.07) is 10.8. The van der Waals surface area contributed by atoms with E-state index in [4.69, 9.17) is 10.1 Å². The summed E-state index contributed by atoms with van der Waals surface area (Å²) in [4.78, 5) is 2.28. The van der Waals surface area contributed by atoms with Crippen LogP contribution in [0.3, 0.4) is 0 Å². The lowest BCUT2D eigenvalue weighted by Gasteiger charge is -2.17. The molecular formula is C20H26N2O2. The third kappa shape index (κ3) is 4.36. The molecule has 0 unspecified atom stereocenters. The molecule has 128 valence electrons. The van der Waals surface area contributed by atoms with Crippen LogP contribution < -0.4 is 4.74 Å². The average Bonchev–Trinajstić information content (AvgIpc) is 2.56. The number of nitrogens with zero attached hydrogens (tertiary/aromatic N) is 1. The van der Waals surface area contributed by atoms with E-state index >= 15 is 0 Å². The van der Waals surface area contributed by atoms with Gasteiger partial charge in [0, 0.05) is 6.54 Å². The zero-order valence-corrected chi connectivity index (χ0v) is 14.9. The number of hydrogen-bond acceptors (Lipinski definition) is 4. The van der Waals surface area contributed by atoms with Crippen LogP contribution in [0.15, 0.2) is 36.4 Å². The molecule has 2 aromatic carbocycles. The minimum absolute atomic E-state index is 0.0472. The van der Waals surface area contributed by atoms with Crippen LogP contribution in [0, 0.1) is 19.3 Å². The number of phenolic OH excluding ortho intramolecular Hbond substituents is 1. The quantitative estimate of drug-likeness (QED) is 0.625. The molecule has 0 saturated carbocycles. The van der Waals surface area contributed by atoms with Crippen LogP contribution in [-0.4, -0.2) is 36.0 Å². The topological polar surface area (TPSA) is 56.5 Å². The Morgan fingerprint density at radius 1 is 1.17 bits per heavy atom.